The van der Waals surface area contributed by atoms with Crippen LogP contribution in [0.1, 0.15) is 23.0 Å². The van der Waals surface area contributed by atoms with Crippen molar-refractivity contribution >= 4 is 11.6 Å². The Hall–Kier alpha value is -1.62. The summed E-state index contributed by atoms with van der Waals surface area (Å²) >= 11 is 0. The molecular formula is C12H20N4O. The highest BCUT2D eigenvalue weighted by Gasteiger charge is 2.09. The van der Waals surface area contributed by atoms with Crippen LogP contribution in [0.25, 0.3) is 0 Å². The third-order valence-electron chi connectivity index (χ3n) is 2.67. The molecule has 0 aromatic carbocycles. The van der Waals surface area contributed by atoms with Gasteiger partial charge in [-0.25, -0.2) is 0 Å². The van der Waals surface area contributed by atoms with Crippen LogP contribution in [0.2, 0.25) is 0 Å². The molecular weight excluding hydrogens is 216 g/mol. The maximum atomic E-state index is 11.9. The number of amides is 1. The second-order valence-electron chi connectivity index (χ2n) is 4.05. The number of nitrogen functional groups attached to an aromatic ring is 1. The second-order valence-corrected chi connectivity index (χ2v) is 4.05. The zero-order chi connectivity index (χ0) is 12.8. The first-order valence-corrected chi connectivity index (χ1v) is 5.73. The Kier molecular flexibility index (Phi) is 4.90. The Labute approximate surface area is 102 Å². The van der Waals surface area contributed by atoms with Crippen LogP contribution < -0.4 is 11.1 Å². The van der Waals surface area contributed by atoms with E-state index in [1.165, 1.54) is 0 Å². The Morgan fingerprint density at radius 1 is 1.59 bits per heavy atom. The van der Waals surface area contributed by atoms with E-state index in [-0.39, 0.29) is 5.91 Å². The lowest BCUT2D eigenvalue weighted by Gasteiger charge is -2.14. The minimum atomic E-state index is -0.119. The summed E-state index contributed by atoms with van der Waals surface area (Å²) in [7, 11) is 2.01. The fourth-order valence-electron chi connectivity index (χ4n) is 1.39. The van der Waals surface area contributed by atoms with E-state index >= 15 is 0 Å². The van der Waals surface area contributed by atoms with Gasteiger partial charge in [0.1, 0.15) is 0 Å². The number of anilines is 1. The number of nitrogens with two attached hydrogens (primary N) is 1. The van der Waals surface area contributed by atoms with Crippen molar-refractivity contribution in [3.05, 3.63) is 23.5 Å². The van der Waals surface area contributed by atoms with E-state index in [1.807, 2.05) is 7.05 Å². The normalized spacial score (nSPS) is 10.6. The lowest BCUT2D eigenvalue weighted by atomic mass is 10.2. The van der Waals surface area contributed by atoms with E-state index in [2.05, 4.69) is 22.1 Å². The molecule has 0 radical (unpaired) electrons. The van der Waals surface area contributed by atoms with E-state index < -0.39 is 0 Å². The van der Waals surface area contributed by atoms with Crippen LogP contribution in [-0.4, -0.2) is 42.5 Å². The number of pyridine rings is 1. The van der Waals surface area contributed by atoms with Gasteiger partial charge in [-0.15, -0.1) is 0 Å². The monoisotopic (exact) mass is 236 g/mol. The molecule has 0 saturated carbocycles. The molecule has 0 aliphatic rings. The van der Waals surface area contributed by atoms with Crippen LogP contribution in [-0.2, 0) is 0 Å². The first kappa shape index (κ1) is 13.4. The summed E-state index contributed by atoms with van der Waals surface area (Å²) in [5.41, 5.74) is 7.36. The predicted octanol–water partition coefficient (Wildman–Crippen LogP) is 0.654. The molecule has 0 bridgehead atoms. The molecule has 0 unspecified atom stereocenters. The molecule has 0 aliphatic heterocycles. The summed E-state index contributed by atoms with van der Waals surface area (Å²) in [6.07, 6.45) is 1.55. The Morgan fingerprint density at radius 2 is 2.29 bits per heavy atom. The maximum Gasteiger partial charge on any atom is 0.253 e. The largest absolute Gasteiger partial charge is 0.397 e. The number of aryl methyl sites for hydroxylation is 1. The van der Waals surface area contributed by atoms with Crippen LogP contribution in [0.15, 0.2) is 12.3 Å². The Balaban J connectivity index is 2.55. The molecule has 1 aromatic heterocycles. The van der Waals surface area contributed by atoms with Gasteiger partial charge in [0, 0.05) is 13.1 Å². The lowest BCUT2D eigenvalue weighted by Crippen LogP contribution is -2.33. The van der Waals surface area contributed by atoms with Gasteiger partial charge in [-0.2, -0.15) is 0 Å². The van der Waals surface area contributed by atoms with E-state index in [0.717, 1.165) is 13.1 Å². The van der Waals surface area contributed by atoms with Gasteiger partial charge in [-0.05, 0) is 26.6 Å². The number of hydrogen-bond donors (Lipinski definition) is 2. The van der Waals surface area contributed by atoms with E-state index in [0.29, 0.717) is 23.5 Å². The molecule has 94 valence electrons. The van der Waals surface area contributed by atoms with Crippen molar-refractivity contribution in [1.82, 2.24) is 15.2 Å². The number of nitrogens with zero attached hydrogens (tertiary/aromatic N) is 2. The quantitative estimate of drug-likeness (QED) is 0.787. The van der Waals surface area contributed by atoms with E-state index in [1.54, 1.807) is 19.2 Å². The molecule has 1 aromatic rings. The molecule has 0 atom stereocenters. The van der Waals surface area contributed by atoms with Gasteiger partial charge in [0.15, 0.2) is 0 Å². The van der Waals surface area contributed by atoms with E-state index in [9.17, 15) is 4.79 Å². The molecule has 1 rings (SSSR count). The molecule has 0 saturated heterocycles. The molecule has 3 N–H and O–H groups in total. The van der Waals surface area contributed by atoms with Crippen molar-refractivity contribution < 1.29 is 4.79 Å². The second kappa shape index (κ2) is 6.20. The number of rotatable bonds is 5. The average Bonchev–Trinajstić information content (AvgIpc) is 2.31. The summed E-state index contributed by atoms with van der Waals surface area (Å²) in [5, 5.41) is 2.86. The molecule has 1 heterocycles. The topological polar surface area (TPSA) is 71.2 Å². The van der Waals surface area contributed by atoms with Crippen molar-refractivity contribution in [1.29, 1.82) is 0 Å². The molecule has 5 heteroatoms. The molecule has 0 fully saturated rings. The van der Waals surface area contributed by atoms with Crippen molar-refractivity contribution in [3.63, 3.8) is 0 Å². The molecule has 0 aliphatic carbocycles. The van der Waals surface area contributed by atoms with Crippen molar-refractivity contribution in [2.75, 3.05) is 32.4 Å². The van der Waals surface area contributed by atoms with Crippen LogP contribution >= 0.6 is 0 Å². The van der Waals surface area contributed by atoms with Crippen LogP contribution in [0.4, 0.5) is 5.69 Å². The number of nitrogens with one attached hydrogen (secondary N) is 1. The highest BCUT2D eigenvalue weighted by molar-refractivity contribution is 5.95. The molecule has 5 nitrogen and oxygen atoms in total. The maximum absolute atomic E-state index is 11.9. The average molecular weight is 236 g/mol. The summed E-state index contributed by atoms with van der Waals surface area (Å²) in [6, 6.07) is 1.65. The first-order chi connectivity index (χ1) is 8.04. The molecule has 0 spiro atoms. The predicted molar refractivity (Wildman–Crippen MR) is 68.9 cm³/mol. The third kappa shape index (κ3) is 4.03. The number of carbonyl (C=O) groups excluding carboxylic acids is 1. The number of carbonyl (C=O) groups is 1. The fraction of sp³-hybridized carbons (Fsp3) is 0.500. The van der Waals surface area contributed by atoms with Crippen molar-refractivity contribution in [3.8, 4) is 0 Å². The summed E-state index contributed by atoms with van der Waals surface area (Å²) in [5.74, 6) is -0.119. The van der Waals surface area contributed by atoms with Gasteiger partial charge in [-0.1, -0.05) is 6.92 Å². The highest BCUT2D eigenvalue weighted by Crippen LogP contribution is 2.08. The molecule has 1 amide bonds. The third-order valence-corrected chi connectivity index (χ3v) is 2.67. The SMILES string of the molecule is CCN(C)CCNC(=O)c1cc(N)cnc1C. The minimum Gasteiger partial charge on any atom is -0.397 e. The van der Waals surface area contributed by atoms with E-state index in [4.69, 9.17) is 5.73 Å². The van der Waals surface area contributed by atoms with Gasteiger partial charge >= 0.3 is 0 Å². The van der Waals surface area contributed by atoms with Crippen molar-refractivity contribution in [2.24, 2.45) is 0 Å². The summed E-state index contributed by atoms with van der Waals surface area (Å²) in [4.78, 5) is 18.1. The highest BCUT2D eigenvalue weighted by atomic mass is 16.1. The standard InChI is InChI=1S/C12H20N4O/c1-4-16(3)6-5-14-12(17)11-7-10(13)8-15-9(11)2/h7-8H,4-6,13H2,1-3H3,(H,14,17). The molecule has 17 heavy (non-hydrogen) atoms. The minimum absolute atomic E-state index is 0.119. The Morgan fingerprint density at radius 3 is 2.94 bits per heavy atom. The zero-order valence-electron chi connectivity index (χ0n) is 10.7. The van der Waals surface area contributed by atoms with Gasteiger partial charge in [0.05, 0.1) is 23.1 Å². The van der Waals surface area contributed by atoms with Crippen molar-refractivity contribution in [2.45, 2.75) is 13.8 Å². The zero-order valence-corrected chi connectivity index (χ0v) is 10.7. The smallest absolute Gasteiger partial charge is 0.253 e. The van der Waals surface area contributed by atoms with Crippen LogP contribution in [0, 0.1) is 6.92 Å². The summed E-state index contributed by atoms with van der Waals surface area (Å²) in [6.45, 7) is 6.30. The van der Waals surface area contributed by atoms with Gasteiger partial charge in [0.25, 0.3) is 5.91 Å². The Bertz CT molecular complexity index is 392. The summed E-state index contributed by atoms with van der Waals surface area (Å²) < 4.78 is 0. The lowest BCUT2D eigenvalue weighted by molar-refractivity contribution is 0.0949. The van der Waals surface area contributed by atoms with Crippen LogP contribution in [0.3, 0.4) is 0 Å². The van der Waals surface area contributed by atoms with Crippen LogP contribution in [0.5, 0.6) is 0 Å². The van der Waals surface area contributed by atoms with Gasteiger partial charge < -0.3 is 16.0 Å². The number of hydrogen-bond acceptors (Lipinski definition) is 4. The number of likely N-dealkylation sites (N-methyl/N-ethyl adjacent to an activating group) is 1. The fourth-order valence-corrected chi connectivity index (χ4v) is 1.39. The number of aromatic nitrogens is 1. The van der Waals surface area contributed by atoms with Gasteiger partial charge in [-0.3, -0.25) is 9.78 Å². The first-order valence-electron chi connectivity index (χ1n) is 5.73. The van der Waals surface area contributed by atoms with Gasteiger partial charge in [0.2, 0.25) is 0 Å².